The highest BCUT2D eigenvalue weighted by Crippen LogP contribution is 2.17. The molecule has 2 heterocycles. The van der Waals surface area contributed by atoms with E-state index in [9.17, 15) is 4.79 Å². The highest BCUT2D eigenvalue weighted by molar-refractivity contribution is 5.94. The molecule has 0 saturated carbocycles. The summed E-state index contributed by atoms with van der Waals surface area (Å²) in [5.74, 6) is 1.20. The Balaban J connectivity index is 1.64. The maximum absolute atomic E-state index is 12.2. The molecule has 1 atom stereocenters. The van der Waals surface area contributed by atoms with E-state index in [0.29, 0.717) is 17.3 Å². The molecule has 1 aliphatic rings. The van der Waals surface area contributed by atoms with Gasteiger partial charge < -0.3 is 5.32 Å². The number of imidazole rings is 1. The molecule has 0 aromatic carbocycles. The Morgan fingerprint density at radius 3 is 3.10 bits per heavy atom. The molecule has 1 unspecified atom stereocenters. The van der Waals surface area contributed by atoms with Crippen molar-refractivity contribution in [1.29, 1.82) is 0 Å². The summed E-state index contributed by atoms with van der Waals surface area (Å²) in [4.78, 5) is 20.5. The van der Waals surface area contributed by atoms with Crippen molar-refractivity contribution in [2.45, 2.75) is 19.3 Å². The summed E-state index contributed by atoms with van der Waals surface area (Å²) in [5, 5.41) is 3.02. The minimum Gasteiger partial charge on any atom is -0.352 e. The van der Waals surface area contributed by atoms with E-state index in [0.717, 1.165) is 25.8 Å². The van der Waals surface area contributed by atoms with Crippen LogP contribution >= 0.6 is 0 Å². The van der Waals surface area contributed by atoms with E-state index in [4.69, 9.17) is 0 Å². The third-order valence-corrected chi connectivity index (χ3v) is 3.71. The number of nitrogens with zero attached hydrogens (tertiary/aromatic N) is 3. The molecule has 0 saturated heterocycles. The summed E-state index contributed by atoms with van der Waals surface area (Å²) in [6.45, 7) is 0.728. The average Bonchev–Trinajstić information content (AvgIpc) is 3.08. The predicted octanol–water partition coefficient (Wildman–Crippen LogP) is 2.35. The van der Waals surface area contributed by atoms with Crippen molar-refractivity contribution in [3.63, 3.8) is 0 Å². The molecule has 108 valence electrons. The van der Waals surface area contributed by atoms with E-state index in [1.807, 2.05) is 0 Å². The van der Waals surface area contributed by atoms with E-state index >= 15 is 0 Å². The molecule has 1 amide bonds. The zero-order valence-corrected chi connectivity index (χ0v) is 11.8. The van der Waals surface area contributed by atoms with Crippen molar-refractivity contribution in [3.8, 4) is 5.82 Å². The van der Waals surface area contributed by atoms with Crippen molar-refractivity contribution in [3.05, 3.63) is 54.8 Å². The van der Waals surface area contributed by atoms with Crippen LogP contribution in [0.15, 0.2) is 49.2 Å². The number of carbonyl (C=O) groups is 1. The van der Waals surface area contributed by atoms with Crippen LogP contribution in [0.4, 0.5) is 0 Å². The molecule has 5 heteroatoms. The van der Waals surface area contributed by atoms with Crippen LogP contribution in [0.25, 0.3) is 5.82 Å². The summed E-state index contributed by atoms with van der Waals surface area (Å²) in [5.41, 5.74) is 0.625. The number of amides is 1. The molecule has 2 aromatic rings. The van der Waals surface area contributed by atoms with Crippen LogP contribution in [0.2, 0.25) is 0 Å². The van der Waals surface area contributed by atoms with Crippen molar-refractivity contribution in [1.82, 2.24) is 19.9 Å². The first-order valence-electron chi connectivity index (χ1n) is 7.20. The smallest absolute Gasteiger partial charge is 0.251 e. The average molecular weight is 282 g/mol. The SMILES string of the molecule is O=C(NCC1CC=CCC1)c1ccnc(-n2ccnc2)c1. The van der Waals surface area contributed by atoms with Gasteiger partial charge in [0, 0.05) is 30.7 Å². The van der Waals surface area contributed by atoms with Crippen LogP contribution in [-0.2, 0) is 0 Å². The van der Waals surface area contributed by atoms with E-state index < -0.39 is 0 Å². The summed E-state index contributed by atoms with van der Waals surface area (Å²) in [7, 11) is 0. The minimum absolute atomic E-state index is 0.0479. The third kappa shape index (κ3) is 3.37. The quantitative estimate of drug-likeness (QED) is 0.876. The fourth-order valence-electron chi connectivity index (χ4n) is 2.48. The number of carbonyl (C=O) groups excluding carboxylic acids is 1. The second kappa shape index (κ2) is 6.35. The molecular weight excluding hydrogens is 264 g/mol. The zero-order chi connectivity index (χ0) is 14.5. The topological polar surface area (TPSA) is 59.8 Å². The summed E-state index contributed by atoms with van der Waals surface area (Å²) in [6.07, 6.45) is 14.5. The van der Waals surface area contributed by atoms with Crippen LogP contribution in [0.3, 0.4) is 0 Å². The van der Waals surface area contributed by atoms with Gasteiger partial charge in [0.2, 0.25) is 0 Å². The molecule has 1 N–H and O–H groups in total. The van der Waals surface area contributed by atoms with Gasteiger partial charge in [-0.2, -0.15) is 0 Å². The molecule has 0 spiro atoms. The van der Waals surface area contributed by atoms with Gasteiger partial charge in [0.05, 0.1) is 0 Å². The molecule has 2 aromatic heterocycles. The van der Waals surface area contributed by atoms with Gasteiger partial charge in [-0.05, 0) is 37.3 Å². The first kappa shape index (κ1) is 13.5. The Kier molecular flexibility index (Phi) is 4.09. The Bertz CT molecular complexity index is 633. The van der Waals surface area contributed by atoms with Crippen LogP contribution in [0.5, 0.6) is 0 Å². The van der Waals surface area contributed by atoms with Crippen molar-refractivity contribution in [2.24, 2.45) is 5.92 Å². The number of pyridine rings is 1. The lowest BCUT2D eigenvalue weighted by atomic mass is 9.94. The van der Waals surface area contributed by atoms with Crippen LogP contribution < -0.4 is 5.32 Å². The Labute approximate surface area is 123 Å². The van der Waals surface area contributed by atoms with Gasteiger partial charge >= 0.3 is 0 Å². The third-order valence-electron chi connectivity index (χ3n) is 3.71. The minimum atomic E-state index is -0.0479. The largest absolute Gasteiger partial charge is 0.352 e. The first-order valence-corrected chi connectivity index (χ1v) is 7.20. The molecule has 0 radical (unpaired) electrons. The summed E-state index contributed by atoms with van der Waals surface area (Å²) in [6, 6.07) is 3.51. The van der Waals surface area contributed by atoms with Crippen LogP contribution in [0.1, 0.15) is 29.6 Å². The van der Waals surface area contributed by atoms with Crippen LogP contribution in [-0.4, -0.2) is 27.0 Å². The van der Waals surface area contributed by atoms with E-state index in [2.05, 4.69) is 27.4 Å². The number of nitrogens with one attached hydrogen (secondary N) is 1. The number of hydrogen-bond donors (Lipinski definition) is 1. The number of allylic oxidation sites excluding steroid dienone is 2. The summed E-state index contributed by atoms with van der Waals surface area (Å²) >= 11 is 0. The zero-order valence-electron chi connectivity index (χ0n) is 11.8. The second-order valence-corrected chi connectivity index (χ2v) is 5.23. The predicted molar refractivity (Wildman–Crippen MR) is 80.2 cm³/mol. The van der Waals surface area contributed by atoms with Gasteiger partial charge in [-0.25, -0.2) is 9.97 Å². The maximum atomic E-state index is 12.2. The second-order valence-electron chi connectivity index (χ2n) is 5.23. The van der Waals surface area contributed by atoms with E-state index in [1.165, 1.54) is 0 Å². The first-order chi connectivity index (χ1) is 10.3. The Morgan fingerprint density at radius 1 is 1.38 bits per heavy atom. The monoisotopic (exact) mass is 282 g/mol. The number of rotatable bonds is 4. The fourth-order valence-corrected chi connectivity index (χ4v) is 2.48. The van der Waals surface area contributed by atoms with E-state index in [-0.39, 0.29) is 5.91 Å². The highest BCUT2D eigenvalue weighted by atomic mass is 16.1. The lowest BCUT2D eigenvalue weighted by molar-refractivity contribution is 0.0946. The fraction of sp³-hybridized carbons (Fsp3) is 0.312. The highest BCUT2D eigenvalue weighted by Gasteiger charge is 2.13. The van der Waals surface area contributed by atoms with Gasteiger partial charge in [0.25, 0.3) is 5.91 Å². The Hall–Kier alpha value is -2.43. The van der Waals surface area contributed by atoms with Crippen LogP contribution in [0, 0.1) is 5.92 Å². The van der Waals surface area contributed by atoms with E-state index in [1.54, 1.807) is 41.6 Å². The molecule has 0 bridgehead atoms. The molecule has 5 nitrogen and oxygen atoms in total. The van der Waals surface area contributed by atoms with Crippen molar-refractivity contribution in [2.75, 3.05) is 6.54 Å². The van der Waals surface area contributed by atoms with Gasteiger partial charge in [-0.3, -0.25) is 9.36 Å². The van der Waals surface area contributed by atoms with Gasteiger partial charge in [0.15, 0.2) is 0 Å². The molecule has 21 heavy (non-hydrogen) atoms. The summed E-state index contributed by atoms with van der Waals surface area (Å²) < 4.78 is 1.78. The standard InChI is InChI=1S/C16H18N4O/c21-16(19-11-13-4-2-1-3-5-13)14-6-7-18-15(10-14)20-9-8-17-12-20/h1-2,6-10,12-13H,3-5,11H2,(H,19,21). The van der Waals surface area contributed by atoms with Gasteiger partial charge in [-0.15, -0.1) is 0 Å². The molecule has 0 fully saturated rings. The molecule has 0 aliphatic heterocycles. The maximum Gasteiger partial charge on any atom is 0.251 e. The van der Waals surface area contributed by atoms with Crippen molar-refractivity contribution >= 4 is 5.91 Å². The van der Waals surface area contributed by atoms with Gasteiger partial charge in [0.1, 0.15) is 12.1 Å². The number of aromatic nitrogens is 3. The number of hydrogen-bond acceptors (Lipinski definition) is 3. The molecule has 3 rings (SSSR count). The van der Waals surface area contributed by atoms with Crippen molar-refractivity contribution < 1.29 is 4.79 Å². The Morgan fingerprint density at radius 2 is 2.33 bits per heavy atom. The molecular formula is C16H18N4O. The normalized spacial score (nSPS) is 17.6. The lowest BCUT2D eigenvalue weighted by Crippen LogP contribution is -2.29. The molecule has 1 aliphatic carbocycles. The lowest BCUT2D eigenvalue weighted by Gasteiger charge is -2.18. The van der Waals surface area contributed by atoms with Gasteiger partial charge in [-0.1, -0.05) is 12.2 Å².